The second kappa shape index (κ2) is 7.80. The Kier molecular flexibility index (Phi) is 4.85. The number of fused-ring (bicyclic) bond motifs is 4. The van der Waals surface area contributed by atoms with Crippen molar-refractivity contribution < 1.29 is 0 Å². The van der Waals surface area contributed by atoms with Crippen LogP contribution in [0.1, 0.15) is 36.1 Å². The largest absolute Gasteiger partial charge is 0.0870 e. The number of aryl methyl sites for hydroxylation is 1. The molecule has 0 atom stereocenters. The minimum Gasteiger partial charge on any atom is -0.0870 e. The Hall–Kier alpha value is -3.38. The van der Waals surface area contributed by atoms with Gasteiger partial charge in [0, 0.05) is 0 Å². The van der Waals surface area contributed by atoms with Gasteiger partial charge < -0.3 is 0 Å². The van der Waals surface area contributed by atoms with E-state index in [-0.39, 0.29) is 0 Å². The minimum atomic E-state index is 0.939. The van der Waals surface area contributed by atoms with Crippen LogP contribution >= 0.6 is 0 Å². The molecule has 5 aromatic carbocycles. The quantitative estimate of drug-likeness (QED) is 0.272. The van der Waals surface area contributed by atoms with Gasteiger partial charge in [-0.15, -0.1) is 0 Å². The fourth-order valence-electron chi connectivity index (χ4n) is 4.82. The van der Waals surface area contributed by atoms with E-state index < -0.39 is 0 Å². The van der Waals surface area contributed by atoms with Crippen molar-refractivity contribution in [2.45, 2.75) is 26.7 Å². The van der Waals surface area contributed by atoms with Gasteiger partial charge in [-0.25, -0.2) is 0 Å². The zero-order chi connectivity index (χ0) is 20.5. The average Bonchev–Trinajstić information content (AvgIpc) is 2.80. The summed E-state index contributed by atoms with van der Waals surface area (Å²) >= 11 is 0. The summed E-state index contributed by atoms with van der Waals surface area (Å²) in [5.41, 5.74) is 5.60. The summed E-state index contributed by atoms with van der Waals surface area (Å²) in [6.07, 6.45) is 6.39. The molecule has 0 N–H and O–H groups in total. The van der Waals surface area contributed by atoms with E-state index in [0.717, 1.165) is 12.8 Å². The third-order valence-electron chi connectivity index (χ3n) is 6.21. The summed E-state index contributed by atoms with van der Waals surface area (Å²) < 4.78 is 0. The van der Waals surface area contributed by atoms with Crippen LogP contribution in [0.15, 0.2) is 91.0 Å². The van der Waals surface area contributed by atoms with Crippen molar-refractivity contribution >= 4 is 38.4 Å². The van der Waals surface area contributed by atoms with E-state index in [1.807, 2.05) is 0 Å². The van der Waals surface area contributed by atoms with Crippen LogP contribution < -0.4 is 0 Å². The van der Waals surface area contributed by atoms with E-state index in [2.05, 4.69) is 111 Å². The summed E-state index contributed by atoms with van der Waals surface area (Å²) in [6, 6.07) is 31.3. The van der Waals surface area contributed by atoms with E-state index in [4.69, 9.17) is 0 Å². The Balaban J connectivity index is 1.77. The van der Waals surface area contributed by atoms with Gasteiger partial charge in [0.05, 0.1) is 0 Å². The molecule has 0 aromatic heterocycles. The lowest BCUT2D eigenvalue weighted by Crippen LogP contribution is -1.97. The Morgan fingerprint density at radius 1 is 0.600 bits per heavy atom. The molecule has 0 spiro atoms. The number of hydrogen-bond acceptors (Lipinski definition) is 0. The van der Waals surface area contributed by atoms with Gasteiger partial charge in [0.1, 0.15) is 0 Å². The molecule has 0 heterocycles. The molecule has 0 heteroatoms. The van der Waals surface area contributed by atoms with Crippen LogP contribution in [-0.2, 0) is 12.8 Å². The van der Waals surface area contributed by atoms with Gasteiger partial charge in [0.15, 0.2) is 0 Å². The summed E-state index contributed by atoms with van der Waals surface area (Å²) in [5, 5.41) is 8.07. The van der Waals surface area contributed by atoms with E-state index in [1.54, 1.807) is 0 Å². The molecule has 0 radical (unpaired) electrons. The van der Waals surface area contributed by atoms with Crippen LogP contribution in [0.2, 0.25) is 0 Å². The van der Waals surface area contributed by atoms with Gasteiger partial charge in [-0.1, -0.05) is 104 Å². The minimum absolute atomic E-state index is 0.939. The molecule has 0 aliphatic heterocycles. The van der Waals surface area contributed by atoms with Gasteiger partial charge in [-0.05, 0) is 74.3 Å². The summed E-state index contributed by atoms with van der Waals surface area (Å²) in [5.74, 6) is 0. The van der Waals surface area contributed by atoms with E-state index >= 15 is 0 Å². The van der Waals surface area contributed by atoms with Crippen LogP contribution in [0, 0.1) is 0 Å². The molecular weight excluding hydrogens is 360 g/mol. The predicted molar refractivity (Wildman–Crippen MR) is 132 cm³/mol. The van der Waals surface area contributed by atoms with Crippen molar-refractivity contribution in [2.75, 3.05) is 0 Å². The lowest BCUT2D eigenvalue weighted by Gasteiger charge is -2.16. The lowest BCUT2D eigenvalue weighted by molar-refractivity contribution is 1.12. The Bertz CT molecular complexity index is 1400. The highest BCUT2D eigenvalue weighted by molar-refractivity contribution is 6.09. The average molecular weight is 387 g/mol. The molecular formula is C30H26. The molecule has 5 aromatic rings. The number of rotatable bonds is 4. The van der Waals surface area contributed by atoms with Crippen molar-refractivity contribution in [1.82, 2.24) is 0 Å². The summed E-state index contributed by atoms with van der Waals surface area (Å²) in [7, 11) is 0. The number of hydrogen-bond donors (Lipinski definition) is 0. The topological polar surface area (TPSA) is 0 Å². The fraction of sp³-hybridized carbons (Fsp3) is 0.133. The Morgan fingerprint density at radius 2 is 1.17 bits per heavy atom. The molecule has 0 aliphatic rings. The second-order valence-electron chi connectivity index (χ2n) is 7.99. The fourth-order valence-corrected chi connectivity index (χ4v) is 4.82. The highest BCUT2D eigenvalue weighted by Gasteiger charge is 2.12. The molecule has 0 aliphatic carbocycles. The van der Waals surface area contributed by atoms with Crippen molar-refractivity contribution in [3.05, 3.63) is 113 Å². The van der Waals surface area contributed by atoms with Crippen LogP contribution in [0.4, 0.5) is 0 Å². The van der Waals surface area contributed by atoms with E-state index in [1.165, 1.54) is 54.6 Å². The summed E-state index contributed by atoms with van der Waals surface area (Å²) in [4.78, 5) is 0. The van der Waals surface area contributed by atoms with Crippen molar-refractivity contribution in [3.63, 3.8) is 0 Å². The molecule has 0 unspecified atom stereocenters. The first-order valence-electron chi connectivity index (χ1n) is 10.9. The van der Waals surface area contributed by atoms with Crippen molar-refractivity contribution in [3.8, 4) is 0 Å². The molecule has 0 nitrogen and oxygen atoms in total. The maximum Gasteiger partial charge on any atom is -0.00131 e. The first kappa shape index (κ1) is 18.6. The van der Waals surface area contributed by atoms with Crippen LogP contribution in [0.5, 0.6) is 0 Å². The zero-order valence-electron chi connectivity index (χ0n) is 17.7. The number of allylic oxidation sites excluding steroid dienone is 1. The molecule has 146 valence electrons. The van der Waals surface area contributed by atoms with Gasteiger partial charge in [0.25, 0.3) is 0 Å². The molecule has 0 amide bonds. The molecule has 0 saturated carbocycles. The monoisotopic (exact) mass is 386 g/mol. The van der Waals surface area contributed by atoms with Crippen LogP contribution in [0.25, 0.3) is 38.4 Å². The number of benzene rings is 5. The Labute approximate surface area is 178 Å². The normalized spacial score (nSPS) is 11.8. The van der Waals surface area contributed by atoms with Gasteiger partial charge >= 0.3 is 0 Å². The highest BCUT2D eigenvalue weighted by atomic mass is 14.2. The van der Waals surface area contributed by atoms with Crippen LogP contribution in [0.3, 0.4) is 0 Å². The molecule has 0 bridgehead atoms. The first-order valence-corrected chi connectivity index (χ1v) is 10.9. The molecule has 0 saturated heterocycles. The maximum absolute atomic E-state index is 2.43. The van der Waals surface area contributed by atoms with Crippen molar-refractivity contribution in [1.29, 1.82) is 0 Å². The van der Waals surface area contributed by atoms with E-state index in [0.29, 0.717) is 0 Å². The summed E-state index contributed by atoms with van der Waals surface area (Å²) in [6.45, 7) is 4.36. The molecule has 5 rings (SSSR count). The smallest absolute Gasteiger partial charge is 0.00131 e. The first-order chi connectivity index (χ1) is 14.8. The second-order valence-corrected chi connectivity index (χ2v) is 7.99. The third-order valence-corrected chi connectivity index (χ3v) is 6.21. The third kappa shape index (κ3) is 3.09. The molecule has 30 heavy (non-hydrogen) atoms. The lowest BCUT2D eigenvalue weighted by atomic mass is 9.88. The molecule has 0 fully saturated rings. The van der Waals surface area contributed by atoms with Crippen LogP contribution in [-0.4, -0.2) is 0 Å². The van der Waals surface area contributed by atoms with Gasteiger partial charge in [-0.3, -0.25) is 0 Å². The van der Waals surface area contributed by atoms with Gasteiger partial charge in [0.2, 0.25) is 0 Å². The predicted octanol–water partition coefficient (Wildman–Crippen LogP) is 8.33. The maximum atomic E-state index is 2.43. The van der Waals surface area contributed by atoms with Gasteiger partial charge in [-0.2, -0.15) is 0 Å². The van der Waals surface area contributed by atoms with E-state index in [9.17, 15) is 0 Å². The SMILES string of the molecule is C/C=C\c1c(CC)cc(Cc2cc3ccccc3c3ccccc23)c2ccccc12. The highest BCUT2D eigenvalue weighted by Crippen LogP contribution is 2.33. The Morgan fingerprint density at radius 3 is 1.87 bits per heavy atom. The standard InChI is InChI=1S/C30H26/c1-3-11-25-21(4-2)18-23(27-14-7-9-16-29(25)27)20-24-19-22-12-5-6-13-26(22)30-17-10-8-15-28(24)30/h3,5-19H,4,20H2,1-2H3/b11-3-. The zero-order valence-corrected chi connectivity index (χ0v) is 17.7. The van der Waals surface area contributed by atoms with Crippen molar-refractivity contribution in [2.24, 2.45) is 0 Å².